The lowest BCUT2D eigenvalue weighted by Crippen LogP contribution is -2.30. The van der Waals surface area contributed by atoms with Gasteiger partial charge in [-0.15, -0.1) is 0 Å². The number of rotatable bonds is 10. The molecule has 196 valence electrons. The number of aromatic amines is 1. The van der Waals surface area contributed by atoms with Crippen LogP contribution in [0.5, 0.6) is 11.5 Å². The Hall–Kier alpha value is -4.37. The van der Waals surface area contributed by atoms with Crippen molar-refractivity contribution in [1.29, 1.82) is 0 Å². The minimum Gasteiger partial charge on any atom is -0.496 e. The van der Waals surface area contributed by atoms with E-state index in [0.717, 1.165) is 22.2 Å². The van der Waals surface area contributed by atoms with Gasteiger partial charge in [-0.2, -0.15) is 0 Å². The zero-order valence-corrected chi connectivity index (χ0v) is 22.1. The van der Waals surface area contributed by atoms with E-state index in [2.05, 4.69) is 4.98 Å². The lowest BCUT2D eigenvalue weighted by Gasteiger charge is -2.12. The van der Waals surface area contributed by atoms with E-state index in [9.17, 15) is 18.0 Å². The van der Waals surface area contributed by atoms with Gasteiger partial charge in [-0.25, -0.2) is 13.1 Å². The number of hydrogen-bond donors (Lipinski definition) is 2. The molecule has 0 saturated heterocycles. The van der Waals surface area contributed by atoms with Gasteiger partial charge < -0.3 is 14.5 Å². The van der Waals surface area contributed by atoms with Crippen LogP contribution in [0.3, 0.4) is 0 Å². The molecule has 38 heavy (non-hydrogen) atoms. The minimum atomic E-state index is -4.00. The molecule has 0 saturated carbocycles. The summed E-state index contributed by atoms with van der Waals surface area (Å²) in [7, 11) is -0.877. The molecule has 3 aromatic carbocycles. The van der Waals surface area contributed by atoms with Crippen molar-refractivity contribution in [3.8, 4) is 22.8 Å². The number of hydrogen-bond acceptors (Lipinski definition) is 6. The van der Waals surface area contributed by atoms with Crippen LogP contribution in [0.25, 0.3) is 28.2 Å². The Morgan fingerprint density at radius 2 is 1.66 bits per heavy atom. The topological polar surface area (TPSA) is 115 Å². The van der Waals surface area contributed by atoms with Crippen molar-refractivity contribution in [3.63, 3.8) is 0 Å². The number of H-pyrrole nitrogens is 1. The summed E-state index contributed by atoms with van der Waals surface area (Å²) in [5.41, 5.74) is 3.60. The van der Waals surface area contributed by atoms with Crippen molar-refractivity contribution in [1.82, 2.24) is 9.71 Å². The normalized spacial score (nSPS) is 11.6. The number of carbonyl (C=O) groups is 2. The number of ketones is 1. The molecule has 2 N–H and O–H groups in total. The highest BCUT2D eigenvalue weighted by Gasteiger charge is 2.18. The highest BCUT2D eigenvalue weighted by Crippen LogP contribution is 2.37. The van der Waals surface area contributed by atoms with Gasteiger partial charge in [0.2, 0.25) is 5.91 Å². The Balaban J connectivity index is 1.60. The summed E-state index contributed by atoms with van der Waals surface area (Å²) in [6, 6.07) is 19.0. The molecule has 1 aromatic heterocycles. The van der Waals surface area contributed by atoms with Crippen LogP contribution in [0.4, 0.5) is 0 Å². The molecule has 0 unspecified atom stereocenters. The van der Waals surface area contributed by atoms with E-state index < -0.39 is 15.9 Å². The maximum atomic E-state index is 12.9. The fourth-order valence-electron chi connectivity index (χ4n) is 4.03. The molecule has 0 fully saturated rings. The summed E-state index contributed by atoms with van der Waals surface area (Å²) in [5, 5.41) is 1.06. The van der Waals surface area contributed by atoms with Gasteiger partial charge in [-0.05, 0) is 61.0 Å². The Morgan fingerprint density at radius 3 is 2.32 bits per heavy atom. The van der Waals surface area contributed by atoms with Crippen molar-refractivity contribution in [3.05, 3.63) is 83.9 Å². The van der Waals surface area contributed by atoms with E-state index in [1.807, 2.05) is 41.1 Å². The molecule has 0 aliphatic carbocycles. The molecule has 4 rings (SSSR count). The summed E-state index contributed by atoms with van der Waals surface area (Å²) in [4.78, 5) is 27.9. The van der Waals surface area contributed by atoms with Crippen molar-refractivity contribution >= 4 is 38.7 Å². The summed E-state index contributed by atoms with van der Waals surface area (Å²) in [6.07, 6.45) is 3.68. The number of benzene rings is 3. The Bertz CT molecular complexity index is 1590. The fourth-order valence-corrected chi connectivity index (χ4v) is 5.04. The van der Waals surface area contributed by atoms with Crippen LogP contribution in [0.2, 0.25) is 0 Å². The lowest BCUT2D eigenvalue weighted by molar-refractivity contribution is -0.119. The monoisotopic (exact) mass is 532 g/mol. The third-order valence-electron chi connectivity index (χ3n) is 5.96. The minimum absolute atomic E-state index is 0.0951. The second-order valence-corrected chi connectivity index (χ2v) is 10.2. The van der Waals surface area contributed by atoms with Crippen LogP contribution in [-0.4, -0.2) is 39.3 Å². The highest BCUT2D eigenvalue weighted by atomic mass is 32.2. The van der Waals surface area contributed by atoms with E-state index in [0.29, 0.717) is 29.0 Å². The van der Waals surface area contributed by atoms with Crippen molar-refractivity contribution in [2.75, 3.05) is 14.2 Å². The Morgan fingerprint density at radius 1 is 0.947 bits per heavy atom. The average molecular weight is 533 g/mol. The van der Waals surface area contributed by atoms with Crippen molar-refractivity contribution in [2.24, 2.45) is 0 Å². The van der Waals surface area contributed by atoms with E-state index in [1.165, 1.54) is 37.5 Å². The Kier molecular flexibility index (Phi) is 7.97. The number of methoxy groups -OCH3 is 2. The number of fused-ring (bicyclic) bond motifs is 1. The second kappa shape index (κ2) is 11.4. The van der Waals surface area contributed by atoms with Gasteiger partial charge in [0, 0.05) is 40.1 Å². The SMILES string of the molecule is CCCC(=O)NS(=O)(=O)c1ccc(C(=O)C=Cc2cc(-c3cc4ccccc4[nH]3)c(OC)cc2OC)cc1. The van der Waals surface area contributed by atoms with Crippen LogP contribution in [0, 0.1) is 0 Å². The molecule has 0 atom stereocenters. The quantitative estimate of drug-likeness (QED) is 0.210. The number of ether oxygens (including phenoxy) is 2. The number of para-hydroxylation sites is 1. The van der Waals surface area contributed by atoms with Crippen molar-refractivity contribution < 1.29 is 27.5 Å². The largest absolute Gasteiger partial charge is 0.496 e. The maximum Gasteiger partial charge on any atom is 0.264 e. The second-order valence-electron chi connectivity index (χ2n) is 8.57. The first-order chi connectivity index (χ1) is 18.2. The van der Waals surface area contributed by atoms with E-state index in [4.69, 9.17) is 9.47 Å². The molecule has 0 spiro atoms. The number of allylic oxidation sites excluding steroid dienone is 1. The summed E-state index contributed by atoms with van der Waals surface area (Å²) in [5.74, 6) is 0.236. The summed E-state index contributed by atoms with van der Waals surface area (Å²) >= 11 is 0. The third kappa shape index (κ3) is 5.78. The summed E-state index contributed by atoms with van der Waals surface area (Å²) < 4.78 is 37.9. The van der Waals surface area contributed by atoms with Gasteiger partial charge in [0.05, 0.1) is 24.8 Å². The number of carbonyl (C=O) groups excluding carboxylic acids is 2. The smallest absolute Gasteiger partial charge is 0.264 e. The molecular formula is C29H28N2O6S. The van der Waals surface area contributed by atoms with E-state index >= 15 is 0 Å². The van der Waals surface area contributed by atoms with Gasteiger partial charge in [0.1, 0.15) is 11.5 Å². The Labute approximate surface area is 221 Å². The molecular weight excluding hydrogens is 504 g/mol. The van der Waals surface area contributed by atoms with Gasteiger partial charge in [-0.1, -0.05) is 25.1 Å². The molecule has 0 aliphatic heterocycles. The molecule has 4 aromatic rings. The standard InChI is InChI=1S/C29H28N2O6S/c1-4-7-29(33)31-38(34,35)22-13-10-19(11-14-22)26(32)15-12-21-16-23(28(37-3)18-27(21)36-2)25-17-20-8-5-6-9-24(20)30-25/h5-6,8-18,30H,4,7H2,1-3H3,(H,31,33). The lowest BCUT2D eigenvalue weighted by atomic mass is 10.0. The van der Waals surface area contributed by atoms with Gasteiger partial charge in [0.15, 0.2) is 5.78 Å². The number of sulfonamides is 1. The molecule has 0 radical (unpaired) electrons. The number of aromatic nitrogens is 1. The zero-order valence-electron chi connectivity index (χ0n) is 21.3. The third-order valence-corrected chi connectivity index (χ3v) is 7.35. The predicted octanol–water partition coefficient (Wildman–Crippen LogP) is 5.35. The van der Waals surface area contributed by atoms with Crippen LogP contribution in [0.1, 0.15) is 35.7 Å². The molecule has 0 bridgehead atoms. The number of amides is 1. The van der Waals surface area contributed by atoms with Gasteiger partial charge in [0.25, 0.3) is 10.0 Å². The van der Waals surface area contributed by atoms with Gasteiger partial charge >= 0.3 is 0 Å². The van der Waals surface area contributed by atoms with Crippen LogP contribution in [0.15, 0.2) is 77.7 Å². The molecule has 1 heterocycles. The zero-order chi connectivity index (χ0) is 27.3. The van der Waals surface area contributed by atoms with Crippen LogP contribution >= 0.6 is 0 Å². The molecule has 0 aliphatic rings. The molecule has 8 nitrogen and oxygen atoms in total. The molecule has 9 heteroatoms. The van der Waals surface area contributed by atoms with E-state index in [1.54, 1.807) is 26.2 Å². The first-order valence-electron chi connectivity index (χ1n) is 12.0. The van der Waals surface area contributed by atoms with Crippen LogP contribution in [-0.2, 0) is 14.8 Å². The highest BCUT2D eigenvalue weighted by molar-refractivity contribution is 7.90. The molecule has 1 amide bonds. The number of nitrogens with one attached hydrogen (secondary N) is 2. The maximum absolute atomic E-state index is 12.9. The van der Waals surface area contributed by atoms with Crippen molar-refractivity contribution in [2.45, 2.75) is 24.7 Å². The first-order valence-corrected chi connectivity index (χ1v) is 13.5. The first kappa shape index (κ1) is 26.7. The summed E-state index contributed by atoms with van der Waals surface area (Å²) in [6.45, 7) is 1.78. The van der Waals surface area contributed by atoms with Crippen LogP contribution < -0.4 is 14.2 Å². The van der Waals surface area contributed by atoms with Gasteiger partial charge in [-0.3, -0.25) is 9.59 Å². The average Bonchev–Trinajstić information content (AvgIpc) is 3.35. The predicted molar refractivity (Wildman–Crippen MR) is 147 cm³/mol. The van der Waals surface area contributed by atoms with E-state index in [-0.39, 0.29) is 17.1 Å². The fraction of sp³-hybridized carbons (Fsp3) is 0.172.